The second-order valence-corrected chi connectivity index (χ2v) is 7.58. The number of hydrogen-bond acceptors (Lipinski definition) is 4. The summed E-state index contributed by atoms with van der Waals surface area (Å²) in [5.41, 5.74) is 4.37. The van der Waals surface area contributed by atoms with E-state index < -0.39 is 0 Å². The fraction of sp³-hybridized carbons (Fsp3) is 0.125. The Kier molecular flexibility index (Phi) is 5.73. The summed E-state index contributed by atoms with van der Waals surface area (Å²) in [5, 5.41) is 8.02. The van der Waals surface area contributed by atoms with Crippen molar-refractivity contribution in [1.82, 2.24) is 14.8 Å². The van der Waals surface area contributed by atoms with E-state index in [0.29, 0.717) is 10.8 Å². The molecule has 1 N–H and O–H groups in total. The van der Waals surface area contributed by atoms with Crippen molar-refractivity contribution in [3.05, 3.63) is 88.7 Å². The monoisotopic (exact) mass is 432 g/mol. The van der Waals surface area contributed by atoms with Gasteiger partial charge < -0.3 is 10.1 Å². The van der Waals surface area contributed by atoms with E-state index in [1.165, 1.54) is 0 Å². The van der Waals surface area contributed by atoms with Crippen LogP contribution in [-0.4, -0.2) is 27.8 Å². The van der Waals surface area contributed by atoms with Gasteiger partial charge in [-0.15, -0.1) is 5.10 Å². The Balaban J connectivity index is 1.74. The van der Waals surface area contributed by atoms with Crippen LogP contribution in [0.25, 0.3) is 17.1 Å². The lowest BCUT2D eigenvalue weighted by Gasteiger charge is -2.07. The number of anilines is 1. The van der Waals surface area contributed by atoms with Crippen LogP contribution in [-0.2, 0) is 0 Å². The van der Waals surface area contributed by atoms with E-state index in [1.807, 2.05) is 68.4 Å². The average molecular weight is 433 g/mol. The minimum atomic E-state index is -0.380. The minimum absolute atomic E-state index is 0.0701. The highest BCUT2D eigenvalue weighted by Crippen LogP contribution is 2.25. The molecule has 1 aromatic heterocycles. The number of carbonyl (C=O) groups is 1. The first-order chi connectivity index (χ1) is 14.9. The van der Waals surface area contributed by atoms with E-state index in [4.69, 9.17) is 16.3 Å². The number of methoxy groups -OCH3 is 1. The van der Waals surface area contributed by atoms with Crippen molar-refractivity contribution < 1.29 is 9.53 Å². The Labute approximate surface area is 185 Å². The van der Waals surface area contributed by atoms with Crippen LogP contribution in [0, 0.1) is 13.8 Å². The molecular formula is C24H21ClN4O2. The summed E-state index contributed by atoms with van der Waals surface area (Å²) in [6.45, 7) is 3.96. The van der Waals surface area contributed by atoms with Crippen molar-refractivity contribution in [2.24, 2.45) is 0 Å². The van der Waals surface area contributed by atoms with E-state index in [9.17, 15) is 4.79 Å². The molecule has 0 aliphatic heterocycles. The highest BCUT2D eigenvalue weighted by molar-refractivity contribution is 6.30. The third kappa shape index (κ3) is 4.44. The van der Waals surface area contributed by atoms with Gasteiger partial charge in [0.2, 0.25) is 5.82 Å². The Morgan fingerprint density at radius 1 is 1.00 bits per heavy atom. The number of rotatable bonds is 5. The van der Waals surface area contributed by atoms with Gasteiger partial charge in [0.15, 0.2) is 5.82 Å². The van der Waals surface area contributed by atoms with Crippen LogP contribution in [0.2, 0.25) is 5.02 Å². The highest BCUT2D eigenvalue weighted by atomic mass is 35.5. The Morgan fingerprint density at radius 3 is 2.35 bits per heavy atom. The van der Waals surface area contributed by atoms with Gasteiger partial charge in [0.1, 0.15) is 5.75 Å². The molecule has 1 amide bonds. The van der Waals surface area contributed by atoms with Crippen molar-refractivity contribution in [3.8, 4) is 22.8 Å². The molecule has 0 unspecified atom stereocenters. The maximum atomic E-state index is 12.9. The predicted molar refractivity (Wildman–Crippen MR) is 122 cm³/mol. The number of benzene rings is 3. The number of aryl methyl sites for hydroxylation is 2. The van der Waals surface area contributed by atoms with Crippen molar-refractivity contribution in [2.75, 3.05) is 12.4 Å². The standard InChI is InChI=1S/C24H21ClN4O2/c1-15-4-13-21(16(2)14-15)26-24(30)22-27-23(17-5-7-18(25)8-6-17)29(28-22)19-9-11-20(31-3)12-10-19/h4-14H,1-3H3,(H,26,30). The maximum Gasteiger partial charge on any atom is 0.295 e. The lowest BCUT2D eigenvalue weighted by atomic mass is 10.1. The van der Waals surface area contributed by atoms with E-state index in [2.05, 4.69) is 15.4 Å². The van der Waals surface area contributed by atoms with Gasteiger partial charge in [-0.2, -0.15) is 0 Å². The van der Waals surface area contributed by atoms with Crippen LogP contribution in [0.1, 0.15) is 21.7 Å². The smallest absolute Gasteiger partial charge is 0.295 e. The number of ether oxygens (including phenoxy) is 1. The second kappa shape index (κ2) is 8.62. The molecule has 0 spiro atoms. The van der Waals surface area contributed by atoms with Gasteiger partial charge in [-0.1, -0.05) is 29.3 Å². The van der Waals surface area contributed by atoms with Crippen LogP contribution in [0.4, 0.5) is 5.69 Å². The molecule has 0 aliphatic carbocycles. The zero-order valence-corrected chi connectivity index (χ0v) is 18.1. The van der Waals surface area contributed by atoms with E-state index in [-0.39, 0.29) is 11.7 Å². The summed E-state index contributed by atoms with van der Waals surface area (Å²) in [6, 6.07) is 20.5. The molecule has 1 heterocycles. The zero-order valence-electron chi connectivity index (χ0n) is 17.4. The highest BCUT2D eigenvalue weighted by Gasteiger charge is 2.19. The molecule has 0 saturated carbocycles. The van der Waals surface area contributed by atoms with E-state index in [0.717, 1.165) is 33.8 Å². The van der Waals surface area contributed by atoms with Gasteiger partial charge in [0.05, 0.1) is 12.8 Å². The van der Waals surface area contributed by atoms with Crippen molar-refractivity contribution >= 4 is 23.2 Å². The summed E-state index contributed by atoms with van der Waals surface area (Å²) in [6.07, 6.45) is 0. The molecule has 4 aromatic rings. The molecule has 7 heteroatoms. The molecule has 0 radical (unpaired) electrons. The van der Waals surface area contributed by atoms with Gasteiger partial charge >= 0.3 is 0 Å². The van der Waals surface area contributed by atoms with Gasteiger partial charge in [0, 0.05) is 16.3 Å². The molecule has 0 fully saturated rings. The number of amides is 1. The molecule has 156 valence electrons. The largest absolute Gasteiger partial charge is 0.497 e. The number of halogens is 1. The third-order valence-electron chi connectivity index (χ3n) is 4.86. The van der Waals surface area contributed by atoms with Gasteiger partial charge in [-0.3, -0.25) is 4.79 Å². The first kappa shape index (κ1) is 20.6. The predicted octanol–water partition coefficient (Wildman–Crippen LogP) is 5.47. The minimum Gasteiger partial charge on any atom is -0.497 e. The maximum absolute atomic E-state index is 12.9. The number of nitrogens with one attached hydrogen (secondary N) is 1. The molecule has 31 heavy (non-hydrogen) atoms. The van der Waals surface area contributed by atoms with Crippen LogP contribution in [0.3, 0.4) is 0 Å². The Hall–Kier alpha value is -3.64. The lowest BCUT2D eigenvalue weighted by Crippen LogP contribution is -2.15. The van der Waals surface area contributed by atoms with Crippen LogP contribution >= 0.6 is 11.6 Å². The van der Waals surface area contributed by atoms with Gasteiger partial charge in [-0.25, -0.2) is 9.67 Å². The first-order valence-electron chi connectivity index (χ1n) is 9.70. The molecule has 0 aliphatic rings. The second-order valence-electron chi connectivity index (χ2n) is 7.15. The number of aromatic nitrogens is 3. The molecule has 4 rings (SSSR count). The molecule has 3 aromatic carbocycles. The Bertz CT molecular complexity index is 1230. The summed E-state index contributed by atoms with van der Waals surface area (Å²) in [7, 11) is 1.61. The van der Waals surface area contributed by atoms with Crippen LogP contribution in [0.5, 0.6) is 5.75 Å². The third-order valence-corrected chi connectivity index (χ3v) is 5.11. The summed E-state index contributed by atoms with van der Waals surface area (Å²) >= 11 is 6.04. The zero-order chi connectivity index (χ0) is 22.0. The molecular weight excluding hydrogens is 412 g/mol. The van der Waals surface area contributed by atoms with E-state index in [1.54, 1.807) is 23.9 Å². The number of carbonyl (C=O) groups excluding carboxylic acids is 1. The molecule has 0 atom stereocenters. The van der Waals surface area contributed by atoms with Crippen molar-refractivity contribution in [1.29, 1.82) is 0 Å². The molecule has 0 saturated heterocycles. The summed E-state index contributed by atoms with van der Waals surface area (Å²) in [4.78, 5) is 17.5. The van der Waals surface area contributed by atoms with Crippen molar-refractivity contribution in [3.63, 3.8) is 0 Å². The number of nitrogens with zero attached hydrogens (tertiary/aromatic N) is 3. The first-order valence-corrected chi connectivity index (χ1v) is 10.1. The topological polar surface area (TPSA) is 69.0 Å². The Morgan fingerprint density at radius 2 is 1.71 bits per heavy atom. The SMILES string of the molecule is COc1ccc(-n2nc(C(=O)Nc3ccc(C)cc3C)nc2-c2ccc(Cl)cc2)cc1. The summed E-state index contributed by atoms with van der Waals surface area (Å²) in [5.74, 6) is 0.951. The summed E-state index contributed by atoms with van der Waals surface area (Å²) < 4.78 is 6.88. The fourth-order valence-corrected chi connectivity index (χ4v) is 3.36. The molecule has 6 nitrogen and oxygen atoms in total. The van der Waals surface area contributed by atoms with Crippen LogP contribution < -0.4 is 10.1 Å². The molecule has 0 bridgehead atoms. The van der Waals surface area contributed by atoms with E-state index >= 15 is 0 Å². The normalized spacial score (nSPS) is 10.7. The number of hydrogen-bond donors (Lipinski definition) is 1. The van der Waals surface area contributed by atoms with Gasteiger partial charge in [-0.05, 0) is 74.0 Å². The van der Waals surface area contributed by atoms with Crippen LogP contribution in [0.15, 0.2) is 66.7 Å². The van der Waals surface area contributed by atoms with Crippen molar-refractivity contribution in [2.45, 2.75) is 13.8 Å². The average Bonchev–Trinajstić information content (AvgIpc) is 3.22. The lowest BCUT2D eigenvalue weighted by molar-refractivity contribution is 0.101. The fourth-order valence-electron chi connectivity index (χ4n) is 3.23. The quantitative estimate of drug-likeness (QED) is 0.454. The van der Waals surface area contributed by atoms with Gasteiger partial charge in [0.25, 0.3) is 5.91 Å².